The standard InChI is InChI=1S/C14H17BrClNO3/c1-20-13(18)5-3-2-4-6-17-14(19)10-7-11(15)9-12(16)8-10/h7-9H,2-6H2,1H3,(H,17,19). The highest BCUT2D eigenvalue weighted by atomic mass is 79.9. The average molecular weight is 363 g/mol. The molecular weight excluding hydrogens is 346 g/mol. The number of amides is 1. The van der Waals surface area contributed by atoms with Crippen molar-refractivity contribution in [1.29, 1.82) is 0 Å². The molecule has 0 saturated carbocycles. The lowest BCUT2D eigenvalue weighted by Gasteiger charge is -2.06. The fraction of sp³-hybridized carbons (Fsp3) is 0.429. The van der Waals surface area contributed by atoms with Crippen molar-refractivity contribution in [2.45, 2.75) is 25.7 Å². The topological polar surface area (TPSA) is 55.4 Å². The van der Waals surface area contributed by atoms with Crippen molar-refractivity contribution in [1.82, 2.24) is 5.32 Å². The summed E-state index contributed by atoms with van der Waals surface area (Å²) in [5.41, 5.74) is 0.527. The van der Waals surface area contributed by atoms with Crippen LogP contribution < -0.4 is 5.32 Å². The fourth-order valence-electron chi connectivity index (χ4n) is 1.66. The zero-order valence-electron chi connectivity index (χ0n) is 11.2. The maximum Gasteiger partial charge on any atom is 0.305 e. The van der Waals surface area contributed by atoms with Gasteiger partial charge in [0.25, 0.3) is 5.91 Å². The van der Waals surface area contributed by atoms with Gasteiger partial charge in [-0.3, -0.25) is 9.59 Å². The number of halogens is 2. The quantitative estimate of drug-likeness (QED) is 0.596. The second kappa shape index (κ2) is 8.97. The van der Waals surface area contributed by atoms with Crippen LogP contribution in [-0.2, 0) is 9.53 Å². The average Bonchev–Trinajstić information content (AvgIpc) is 2.40. The third kappa shape index (κ3) is 6.39. The summed E-state index contributed by atoms with van der Waals surface area (Å²) in [6.45, 7) is 0.574. The summed E-state index contributed by atoms with van der Waals surface area (Å²) in [5.74, 6) is -0.348. The molecule has 0 bridgehead atoms. The third-order valence-electron chi connectivity index (χ3n) is 2.70. The molecule has 0 atom stereocenters. The van der Waals surface area contributed by atoms with E-state index in [2.05, 4.69) is 26.0 Å². The lowest BCUT2D eigenvalue weighted by atomic mass is 10.2. The number of nitrogens with one attached hydrogen (secondary N) is 1. The molecule has 1 amide bonds. The summed E-state index contributed by atoms with van der Waals surface area (Å²) >= 11 is 9.18. The fourth-order valence-corrected chi connectivity index (χ4v) is 2.52. The Morgan fingerprint density at radius 2 is 2.00 bits per heavy atom. The molecule has 0 unspecified atom stereocenters. The van der Waals surface area contributed by atoms with E-state index < -0.39 is 0 Å². The number of carbonyl (C=O) groups excluding carboxylic acids is 2. The summed E-state index contributed by atoms with van der Waals surface area (Å²) in [4.78, 5) is 22.8. The molecule has 0 aliphatic heterocycles. The van der Waals surface area contributed by atoms with Gasteiger partial charge in [0.2, 0.25) is 0 Å². The number of ether oxygens (including phenoxy) is 1. The number of benzene rings is 1. The van der Waals surface area contributed by atoms with Gasteiger partial charge >= 0.3 is 5.97 Å². The van der Waals surface area contributed by atoms with E-state index in [0.717, 1.165) is 23.7 Å². The Kier molecular flexibility index (Phi) is 7.62. The van der Waals surface area contributed by atoms with E-state index in [-0.39, 0.29) is 11.9 Å². The van der Waals surface area contributed by atoms with E-state index in [0.29, 0.717) is 23.6 Å². The van der Waals surface area contributed by atoms with E-state index in [9.17, 15) is 9.59 Å². The molecule has 0 aliphatic rings. The van der Waals surface area contributed by atoms with Crippen molar-refractivity contribution in [3.63, 3.8) is 0 Å². The van der Waals surface area contributed by atoms with Gasteiger partial charge in [-0.05, 0) is 31.0 Å². The summed E-state index contributed by atoms with van der Waals surface area (Å²) in [7, 11) is 1.38. The second-order valence-electron chi connectivity index (χ2n) is 4.30. The number of rotatable bonds is 7. The Labute approximate surface area is 132 Å². The number of unbranched alkanes of at least 4 members (excludes halogenated alkanes) is 2. The predicted molar refractivity (Wildman–Crippen MR) is 82.0 cm³/mol. The molecule has 1 rings (SSSR count). The van der Waals surface area contributed by atoms with Crippen LogP contribution in [0, 0.1) is 0 Å². The second-order valence-corrected chi connectivity index (χ2v) is 5.65. The minimum absolute atomic E-state index is 0.152. The Morgan fingerprint density at radius 3 is 2.65 bits per heavy atom. The van der Waals surface area contributed by atoms with Crippen LogP contribution >= 0.6 is 27.5 Å². The van der Waals surface area contributed by atoms with Gasteiger partial charge in [-0.25, -0.2) is 0 Å². The Bertz CT molecular complexity index is 459. The monoisotopic (exact) mass is 361 g/mol. The first-order chi connectivity index (χ1) is 9.52. The lowest BCUT2D eigenvalue weighted by molar-refractivity contribution is -0.140. The molecule has 4 nitrogen and oxygen atoms in total. The molecule has 0 fully saturated rings. The van der Waals surface area contributed by atoms with Crippen LogP contribution in [0.5, 0.6) is 0 Å². The summed E-state index contributed by atoms with van der Waals surface area (Å²) in [6.07, 6.45) is 2.88. The first-order valence-corrected chi connectivity index (χ1v) is 7.51. The van der Waals surface area contributed by atoms with E-state index in [1.807, 2.05) is 0 Å². The largest absolute Gasteiger partial charge is 0.469 e. The van der Waals surface area contributed by atoms with Gasteiger partial charge in [-0.2, -0.15) is 0 Å². The Hall–Kier alpha value is -1.07. The summed E-state index contributed by atoms with van der Waals surface area (Å²) < 4.78 is 5.32. The molecule has 1 aromatic rings. The zero-order valence-corrected chi connectivity index (χ0v) is 13.6. The van der Waals surface area contributed by atoms with Gasteiger partial charge in [-0.15, -0.1) is 0 Å². The molecular formula is C14H17BrClNO3. The van der Waals surface area contributed by atoms with Crippen molar-refractivity contribution >= 4 is 39.4 Å². The molecule has 110 valence electrons. The Balaban J connectivity index is 2.25. The molecule has 1 N–H and O–H groups in total. The van der Waals surface area contributed by atoms with Crippen molar-refractivity contribution in [3.05, 3.63) is 33.3 Å². The van der Waals surface area contributed by atoms with Gasteiger partial charge in [0.05, 0.1) is 7.11 Å². The number of hydrogen-bond acceptors (Lipinski definition) is 3. The molecule has 6 heteroatoms. The number of carbonyl (C=O) groups is 2. The number of methoxy groups -OCH3 is 1. The van der Waals surface area contributed by atoms with Crippen LogP contribution in [0.25, 0.3) is 0 Å². The van der Waals surface area contributed by atoms with Crippen molar-refractivity contribution < 1.29 is 14.3 Å². The molecule has 0 saturated heterocycles. The minimum Gasteiger partial charge on any atom is -0.469 e. The van der Waals surface area contributed by atoms with Gasteiger partial charge in [0.15, 0.2) is 0 Å². The van der Waals surface area contributed by atoms with Gasteiger partial charge in [-0.1, -0.05) is 34.0 Å². The highest BCUT2D eigenvalue weighted by Crippen LogP contribution is 2.19. The Morgan fingerprint density at radius 1 is 1.25 bits per heavy atom. The number of hydrogen-bond donors (Lipinski definition) is 1. The van der Waals surface area contributed by atoms with Gasteiger partial charge < -0.3 is 10.1 Å². The maximum atomic E-state index is 11.9. The predicted octanol–water partition coefficient (Wildman–Crippen LogP) is 3.57. The highest BCUT2D eigenvalue weighted by molar-refractivity contribution is 9.10. The third-order valence-corrected chi connectivity index (χ3v) is 3.37. The smallest absolute Gasteiger partial charge is 0.305 e. The van der Waals surface area contributed by atoms with Crippen LogP contribution in [-0.4, -0.2) is 25.5 Å². The molecule has 0 spiro atoms. The van der Waals surface area contributed by atoms with Crippen LogP contribution in [0.1, 0.15) is 36.0 Å². The van der Waals surface area contributed by atoms with E-state index >= 15 is 0 Å². The van der Waals surface area contributed by atoms with Crippen molar-refractivity contribution in [2.75, 3.05) is 13.7 Å². The van der Waals surface area contributed by atoms with Crippen LogP contribution in [0.2, 0.25) is 5.02 Å². The molecule has 20 heavy (non-hydrogen) atoms. The molecule has 0 aromatic heterocycles. The molecule has 1 aromatic carbocycles. The van der Waals surface area contributed by atoms with Crippen LogP contribution in [0.4, 0.5) is 0 Å². The molecule has 0 radical (unpaired) electrons. The highest BCUT2D eigenvalue weighted by Gasteiger charge is 2.07. The van der Waals surface area contributed by atoms with E-state index in [4.69, 9.17) is 11.6 Å². The van der Waals surface area contributed by atoms with Gasteiger partial charge in [0, 0.05) is 28.0 Å². The molecule has 0 aliphatic carbocycles. The van der Waals surface area contributed by atoms with E-state index in [1.165, 1.54) is 7.11 Å². The van der Waals surface area contributed by atoms with Gasteiger partial charge in [0.1, 0.15) is 0 Å². The number of esters is 1. The first-order valence-electron chi connectivity index (χ1n) is 6.34. The SMILES string of the molecule is COC(=O)CCCCCNC(=O)c1cc(Cl)cc(Br)c1. The summed E-state index contributed by atoms with van der Waals surface area (Å²) in [5, 5.41) is 3.34. The minimum atomic E-state index is -0.196. The molecule has 0 heterocycles. The normalized spacial score (nSPS) is 10.2. The first kappa shape index (κ1) is 17.0. The van der Waals surface area contributed by atoms with E-state index in [1.54, 1.807) is 18.2 Å². The van der Waals surface area contributed by atoms with Crippen LogP contribution in [0.3, 0.4) is 0 Å². The van der Waals surface area contributed by atoms with Crippen molar-refractivity contribution in [2.24, 2.45) is 0 Å². The lowest BCUT2D eigenvalue weighted by Crippen LogP contribution is -2.24. The van der Waals surface area contributed by atoms with Crippen molar-refractivity contribution in [3.8, 4) is 0 Å². The summed E-state index contributed by atoms with van der Waals surface area (Å²) in [6, 6.07) is 5.07. The van der Waals surface area contributed by atoms with Crippen LogP contribution in [0.15, 0.2) is 22.7 Å². The zero-order chi connectivity index (χ0) is 15.0. The maximum absolute atomic E-state index is 11.9.